The Bertz CT molecular complexity index is 1290. The molecular formula is C21H16N4O. The number of imidazole rings is 1. The summed E-state index contributed by atoms with van der Waals surface area (Å²) < 4.78 is 7.68. The van der Waals surface area contributed by atoms with Gasteiger partial charge in [0.2, 0.25) is 0 Å². The Labute approximate surface area is 149 Å². The maximum Gasteiger partial charge on any atom is 0.121 e. The number of aryl methyl sites for hydroxylation is 1. The van der Waals surface area contributed by atoms with Crippen molar-refractivity contribution >= 4 is 32.8 Å². The van der Waals surface area contributed by atoms with E-state index in [1.54, 1.807) is 7.11 Å². The average molecular weight is 340 g/mol. The van der Waals surface area contributed by atoms with Crippen molar-refractivity contribution in [1.82, 2.24) is 19.5 Å². The number of pyridine rings is 2. The first kappa shape index (κ1) is 14.8. The van der Waals surface area contributed by atoms with Gasteiger partial charge in [0.15, 0.2) is 0 Å². The van der Waals surface area contributed by atoms with Gasteiger partial charge in [-0.25, -0.2) is 4.98 Å². The molecule has 3 aromatic heterocycles. The minimum atomic E-state index is 0.792. The lowest BCUT2D eigenvalue weighted by Gasteiger charge is -2.13. The molecule has 5 nitrogen and oxygen atoms in total. The van der Waals surface area contributed by atoms with Crippen LogP contribution in [0.25, 0.3) is 38.5 Å². The van der Waals surface area contributed by atoms with E-state index in [0.29, 0.717) is 0 Å². The lowest BCUT2D eigenvalue weighted by molar-refractivity contribution is 0.415. The molecule has 0 unspecified atom stereocenters. The normalized spacial score (nSPS) is 11.5. The van der Waals surface area contributed by atoms with E-state index < -0.39 is 0 Å². The van der Waals surface area contributed by atoms with Gasteiger partial charge in [0.25, 0.3) is 0 Å². The summed E-state index contributed by atoms with van der Waals surface area (Å²) in [4.78, 5) is 13.9. The van der Waals surface area contributed by atoms with Gasteiger partial charge in [0.05, 0.1) is 35.5 Å². The Morgan fingerprint density at radius 3 is 2.73 bits per heavy atom. The topological polar surface area (TPSA) is 52.8 Å². The van der Waals surface area contributed by atoms with E-state index in [4.69, 9.17) is 9.72 Å². The highest BCUT2D eigenvalue weighted by Crippen LogP contribution is 2.32. The van der Waals surface area contributed by atoms with E-state index in [1.807, 2.05) is 61.8 Å². The molecule has 0 aliphatic carbocycles. The van der Waals surface area contributed by atoms with Crippen molar-refractivity contribution in [2.24, 2.45) is 0 Å². The molecular weight excluding hydrogens is 324 g/mol. The molecule has 0 saturated heterocycles. The molecule has 2 aromatic carbocycles. The van der Waals surface area contributed by atoms with Gasteiger partial charge in [0, 0.05) is 23.0 Å². The third-order valence-corrected chi connectivity index (χ3v) is 4.69. The predicted octanol–water partition coefficient (Wildman–Crippen LogP) is 4.44. The number of ether oxygens (including phenoxy) is 1. The molecule has 26 heavy (non-hydrogen) atoms. The van der Waals surface area contributed by atoms with Crippen molar-refractivity contribution in [2.75, 3.05) is 7.11 Å². The second-order valence-corrected chi connectivity index (χ2v) is 6.23. The highest BCUT2D eigenvalue weighted by atomic mass is 16.5. The van der Waals surface area contributed by atoms with Crippen LogP contribution in [0.5, 0.6) is 5.75 Å². The van der Waals surface area contributed by atoms with Gasteiger partial charge < -0.3 is 4.74 Å². The number of rotatable bonds is 2. The first-order chi connectivity index (χ1) is 12.8. The zero-order chi connectivity index (χ0) is 17.7. The van der Waals surface area contributed by atoms with Crippen molar-refractivity contribution < 1.29 is 4.74 Å². The third-order valence-electron chi connectivity index (χ3n) is 4.69. The highest BCUT2D eigenvalue weighted by Gasteiger charge is 2.16. The molecule has 5 rings (SSSR count). The smallest absolute Gasteiger partial charge is 0.121 e. The monoisotopic (exact) mass is 340 g/mol. The number of hydrogen-bond donors (Lipinski definition) is 0. The summed E-state index contributed by atoms with van der Waals surface area (Å²) in [5.41, 5.74) is 4.72. The fraction of sp³-hybridized carbons (Fsp3) is 0.0952. The van der Waals surface area contributed by atoms with Crippen LogP contribution in [-0.2, 0) is 0 Å². The molecule has 0 aliphatic rings. The Morgan fingerprint density at radius 1 is 0.962 bits per heavy atom. The first-order valence-electron chi connectivity index (χ1n) is 8.42. The van der Waals surface area contributed by atoms with Crippen molar-refractivity contribution in [2.45, 2.75) is 6.92 Å². The van der Waals surface area contributed by atoms with Crippen molar-refractivity contribution in [3.8, 4) is 11.4 Å². The zero-order valence-corrected chi connectivity index (χ0v) is 14.5. The summed E-state index contributed by atoms with van der Waals surface area (Å²) in [5.74, 6) is 1.68. The van der Waals surface area contributed by atoms with Gasteiger partial charge in [-0.15, -0.1) is 0 Å². The molecule has 3 heterocycles. The summed E-state index contributed by atoms with van der Waals surface area (Å²) >= 11 is 0. The molecule has 126 valence electrons. The maximum absolute atomic E-state index is 5.53. The van der Waals surface area contributed by atoms with Crippen molar-refractivity contribution in [3.05, 3.63) is 66.7 Å². The van der Waals surface area contributed by atoms with E-state index in [2.05, 4.69) is 20.6 Å². The molecule has 0 radical (unpaired) electrons. The Kier molecular flexibility index (Phi) is 3.15. The number of benzene rings is 2. The quantitative estimate of drug-likeness (QED) is 0.477. The van der Waals surface area contributed by atoms with Crippen LogP contribution in [-0.4, -0.2) is 26.6 Å². The van der Waals surface area contributed by atoms with E-state index in [9.17, 15) is 0 Å². The second-order valence-electron chi connectivity index (χ2n) is 6.23. The van der Waals surface area contributed by atoms with E-state index in [1.165, 1.54) is 0 Å². The number of hydrogen-bond acceptors (Lipinski definition) is 4. The highest BCUT2D eigenvalue weighted by molar-refractivity contribution is 6.04. The minimum absolute atomic E-state index is 0.792. The lowest BCUT2D eigenvalue weighted by atomic mass is 10.1. The summed E-state index contributed by atoms with van der Waals surface area (Å²) in [5, 5.41) is 2.10. The maximum atomic E-state index is 5.53. The first-order valence-corrected chi connectivity index (χ1v) is 8.42. The van der Waals surface area contributed by atoms with Crippen LogP contribution >= 0.6 is 0 Å². The van der Waals surface area contributed by atoms with Gasteiger partial charge >= 0.3 is 0 Å². The predicted molar refractivity (Wildman–Crippen MR) is 103 cm³/mol. The largest absolute Gasteiger partial charge is 0.497 e. The van der Waals surface area contributed by atoms with Crippen LogP contribution in [0.3, 0.4) is 0 Å². The number of nitrogens with zero attached hydrogens (tertiary/aromatic N) is 4. The molecule has 5 aromatic rings. The molecule has 0 fully saturated rings. The number of methoxy groups -OCH3 is 1. The summed E-state index contributed by atoms with van der Waals surface area (Å²) in [7, 11) is 1.68. The van der Waals surface area contributed by atoms with Gasteiger partial charge in [-0.3, -0.25) is 14.5 Å². The van der Waals surface area contributed by atoms with E-state index >= 15 is 0 Å². The average Bonchev–Trinajstić information content (AvgIpc) is 3.03. The second kappa shape index (κ2) is 5.52. The van der Waals surface area contributed by atoms with Gasteiger partial charge in [-0.05, 0) is 25.1 Å². The molecule has 0 saturated carbocycles. The van der Waals surface area contributed by atoms with Gasteiger partial charge in [0.1, 0.15) is 17.1 Å². The van der Waals surface area contributed by atoms with Crippen LogP contribution in [0.15, 0.2) is 60.9 Å². The van der Waals surface area contributed by atoms with E-state index in [-0.39, 0.29) is 0 Å². The number of aromatic nitrogens is 4. The minimum Gasteiger partial charge on any atom is -0.497 e. The molecule has 0 bridgehead atoms. The van der Waals surface area contributed by atoms with Crippen LogP contribution in [0.4, 0.5) is 0 Å². The standard InChI is InChI=1S/C21H16N4O/c1-13-24-18-12-23-17-8-4-3-7-16(17)21(18)25(13)19-11-15(26-2)10-14-6-5-9-22-20(14)19/h3-12H,1-2H3. The van der Waals surface area contributed by atoms with Gasteiger partial charge in [-0.2, -0.15) is 0 Å². The number of para-hydroxylation sites is 1. The van der Waals surface area contributed by atoms with Crippen LogP contribution in [0.2, 0.25) is 0 Å². The van der Waals surface area contributed by atoms with Crippen LogP contribution in [0.1, 0.15) is 5.82 Å². The van der Waals surface area contributed by atoms with E-state index in [0.717, 1.165) is 50.1 Å². The Morgan fingerprint density at radius 2 is 1.85 bits per heavy atom. The number of fused-ring (bicyclic) bond motifs is 4. The zero-order valence-electron chi connectivity index (χ0n) is 14.5. The van der Waals surface area contributed by atoms with Gasteiger partial charge in [-0.1, -0.05) is 24.3 Å². The third kappa shape index (κ3) is 2.07. The van der Waals surface area contributed by atoms with Crippen LogP contribution in [0, 0.1) is 6.92 Å². The van der Waals surface area contributed by atoms with Crippen molar-refractivity contribution in [3.63, 3.8) is 0 Å². The SMILES string of the molecule is COc1cc(-n2c(C)nc3cnc4ccccc4c32)c2ncccc2c1. The lowest BCUT2D eigenvalue weighted by Crippen LogP contribution is -2.01. The summed E-state index contributed by atoms with van der Waals surface area (Å²) in [6.07, 6.45) is 3.64. The molecule has 5 heteroatoms. The Balaban J connectivity index is 1.98. The Hall–Kier alpha value is -3.47. The summed E-state index contributed by atoms with van der Waals surface area (Å²) in [6.45, 7) is 2.00. The fourth-order valence-corrected chi connectivity index (χ4v) is 3.55. The summed E-state index contributed by atoms with van der Waals surface area (Å²) in [6, 6.07) is 16.1. The molecule has 0 N–H and O–H groups in total. The van der Waals surface area contributed by atoms with Crippen molar-refractivity contribution in [1.29, 1.82) is 0 Å². The molecule has 0 amide bonds. The molecule has 0 atom stereocenters. The van der Waals surface area contributed by atoms with Crippen LogP contribution < -0.4 is 4.74 Å². The fourth-order valence-electron chi connectivity index (χ4n) is 3.55. The molecule has 0 spiro atoms. The molecule has 0 aliphatic heterocycles.